The van der Waals surface area contributed by atoms with Gasteiger partial charge in [0.05, 0.1) is 7.11 Å². The maximum Gasteiger partial charge on any atom is 0.165 e. The molecule has 0 fully saturated rings. The average Bonchev–Trinajstić information content (AvgIpc) is 2.81. The van der Waals surface area contributed by atoms with Gasteiger partial charge in [-0.05, 0) is 38.0 Å². The predicted octanol–water partition coefficient (Wildman–Crippen LogP) is 2.78. The van der Waals surface area contributed by atoms with E-state index in [1.165, 1.54) is 17.5 Å². The van der Waals surface area contributed by atoms with Crippen LogP contribution in [0.4, 0.5) is 5.82 Å². The Balaban J connectivity index is 2.05. The van der Waals surface area contributed by atoms with Gasteiger partial charge in [-0.3, -0.25) is 0 Å². The molecule has 0 spiro atoms. The molecule has 6 heteroatoms. The summed E-state index contributed by atoms with van der Waals surface area (Å²) in [4.78, 5) is 13.0. The lowest BCUT2D eigenvalue weighted by Crippen LogP contribution is -2.05. The number of methoxy groups -OCH3 is 1. The number of ether oxygens (including phenoxy) is 1. The molecule has 1 aliphatic rings. The highest BCUT2D eigenvalue weighted by molar-refractivity contribution is 5.81. The summed E-state index contributed by atoms with van der Waals surface area (Å²) in [7, 11) is 1.69. The highest BCUT2D eigenvalue weighted by Gasteiger charge is 2.16. The Hall–Kier alpha value is -2.63. The van der Waals surface area contributed by atoms with E-state index in [1.54, 1.807) is 7.11 Å². The maximum absolute atomic E-state index is 5.94. The number of hydrogen-bond donors (Lipinski definition) is 1. The van der Waals surface area contributed by atoms with E-state index < -0.39 is 0 Å². The van der Waals surface area contributed by atoms with Crippen molar-refractivity contribution in [3.63, 3.8) is 0 Å². The minimum absolute atomic E-state index is 0.419. The summed E-state index contributed by atoms with van der Waals surface area (Å²) in [5.74, 6) is 2.24. The van der Waals surface area contributed by atoms with E-state index in [4.69, 9.17) is 10.5 Å². The molecule has 2 N–H and O–H groups in total. The van der Waals surface area contributed by atoms with Crippen LogP contribution in [0, 0.1) is 0 Å². The molecule has 0 aromatic carbocycles. The van der Waals surface area contributed by atoms with E-state index >= 15 is 0 Å². The molecule has 2 heterocycles. The van der Waals surface area contributed by atoms with Gasteiger partial charge in [0.2, 0.25) is 0 Å². The number of allylic oxidation sites excluding steroid dienone is 5. The highest BCUT2D eigenvalue weighted by atomic mass is 16.5. The molecule has 0 saturated heterocycles. The topological polar surface area (TPSA) is 78.9 Å². The zero-order chi connectivity index (χ0) is 16.4. The van der Waals surface area contributed by atoms with Crippen LogP contribution in [0.1, 0.15) is 26.1 Å². The van der Waals surface area contributed by atoms with Crippen molar-refractivity contribution in [3.8, 4) is 0 Å². The molecule has 2 aromatic heterocycles. The molecule has 0 amide bonds. The third kappa shape index (κ3) is 2.84. The lowest BCUT2D eigenvalue weighted by molar-refractivity contribution is 0.305. The fraction of sp³-hybridized carbons (Fsp3) is 0.353. The molecule has 0 radical (unpaired) electrons. The number of fused-ring (bicyclic) bond motifs is 1. The van der Waals surface area contributed by atoms with Crippen molar-refractivity contribution >= 4 is 17.0 Å². The van der Waals surface area contributed by atoms with Gasteiger partial charge in [-0.2, -0.15) is 0 Å². The van der Waals surface area contributed by atoms with Crippen LogP contribution in [0.25, 0.3) is 11.2 Å². The van der Waals surface area contributed by atoms with Gasteiger partial charge in [0, 0.05) is 13.0 Å². The molecule has 6 nitrogen and oxygen atoms in total. The quantitative estimate of drug-likeness (QED) is 0.939. The minimum atomic E-state index is 0.419. The Morgan fingerprint density at radius 2 is 2.13 bits per heavy atom. The van der Waals surface area contributed by atoms with Crippen LogP contribution >= 0.6 is 0 Å². The van der Waals surface area contributed by atoms with E-state index in [2.05, 4.69) is 51.6 Å². The molecule has 0 saturated carbocycles. The first kappa shape index (κ1) is 15.3. The number of nitrogens with two attached hydrogens (primary N) is 1. The molecule has 1 aliphatic carbocycles. The van der Waals surface area contributed by atoms with Crippen LogP contribution in [-0.2, 0) is 17.7 Å². The van der Waals surface area contributed by atoms with E-state index in [-0.39, 0.29) is 0 Å². The molecule has 23 heavy (non-hydrogen) atoms. The van der Waals surface area contributed by atoms with E-state index in [0.717, 1.165) is 30.2 Å². The molecular formula is C17H21N5O. The summed E-state index contributed by atoms with van der Waals surface area (Å²) in [6.07, 6.45) is 9.41. The molecule has 2 aromatic rings. The molecule has 3 rings (SSSR count). The van der Waals surface area contributed by atoms with Gasteiger partial charge >= 0.3 is 0 Å². The summed E-state index contributed by atoms with van der Waals surface area (Å²) in [6.45, 7) is 4.98. The van der Waals surface area contributed by atoms with Gasteiger partial charge < -0.3 is 15.0 Å². The first-order valence-electron chi connectivity index (χ1n) is 7.71. The summed E-state index contributed by atoms with van der Waals surface area (Å²) in [5, 5.41) is 0. The zero-order valence-corrected chi connectivity index (χ0v) is 13.7. The van der Waals surface area contributed by atoms with Crippen molar-refractivity contribution in [3.05, 3.63) is 47.3 Å². The maximum atomic E-state index is 5.94. The first-order chi connectivity index (χ1) is 11.1. The lowest BCUT2D eigenvalue weighted by Gasteiger charge is -2.10. The number of anilines is 1. The lowest BCUT2D eigenvalue weighted by atomic mass is 10.0. The number of nitrogens with zero attached hydrogens (tertiary/aromatic N) is 4. The van der Waals surface area contributed by atoms with Crippen molar-refractivity contribution in [2.45, 2.75) is 33.2 Å². The van der Waals surface area contributed by atoms with Gasteiger partial charge in [0.15, 0.2) is 17.0 Å². The Bertz CT molecular complexity index is 829. The fourth-order valence-electron chi connectivity index (χ4n) is 2.80. The van der Waals surface area contributed by atoms with E-state index in [1.807, 2.05) is 0 Å². The SMILES string of the molecule is CCn1c(CC2=CC(OC)=CCC=C2C)nc2c(N)ncnc21. The van der Waals surface area contributed by atoms with Crippen LogP contribution in [-0.4, -0.2) is 26.6 Å². The second kappa shape index (κ2) is 6.24. The van der Waals surface area contributed by atoms with Gasteiger partial charge in [-0.15, -0.1) is 0 Å². The number of aromatic nitrogens is 4. The van der Waals surface area contributed by atoms with E-state index in [9.17, 15) is 0 Å². The number of hydrogen-bond acceptors (Lipinski definition) is 5. The Kier molecular flexibility index (Phi) is 4.14. The molecule has 0 atom stereocenters. The third-order valence-electron chi connectivity index (χ3n) is 4.11. The number of rotatable bonds is 4. The Labute approximate surface area is 135 Å². The normalized spacial score (nSPS) is 15.0. The molecule has 0 unspecified atom stereocenters. The highest BCUT2D eigenvalue weighted by Crippen LogP contribution is 2.25. The standard InChI is InChI=1S/C17H21N5O/c1-4-22-14(21-15-16(18)19-10-20-17(15)22)9-12-8-13(23-3)7-5-6-11(12)2/h6-8,10H,4-5,9H2,1-3H3,(H2,18,19,20). The van der Waals surface area contributed by atoms with E-state index in [0.29, 0.717) is 17.8 Å². The Morgan fingerprint density at radius 1 is 1.30 bits per heavy atom. The van der Waals surface area contributed by atoms with Crippen LogP contribution in [0.3, 0.4) is 0 Å². The summed E-state index contributed by atoms with van der Waals surface area (Å²) >= 11 is 0. The summed E-state index contributed by atoms with van der Waals surface area (Å²) in [6, 6.07) is 0. The van der Waals surface area contributed by atoms with Crippen molar-refractivity contribution < 1.29 is 4.74 Å². The van der Waals surface area contributed by atoms with Gasteiger partial charge in [-0.1, -0.05) is 11.6 Å². The Morgan fingerprint density at radius 3 is 2.87 bits per heavy atom. The van der Waals surface area contributed by atoms with Crippen molar-refractivity contribution in [2.24, 2.45) is 0 Å². The van der Waals surface area contributed by atoms with Crippen molar-refractivity contribution in [1.29, 1.82) is 0 Å². The van der Waals surface area contributed by atoms with Crippen LogP contribution in [0.2, 0.25) is 0 Å². The number of nitrogen functional groups attached to an aromatic ring is 1. The summed E-state index contributed by atoms with van der Waals surface area (Å²) < 4.78 is 7.49. The van der Waals surface area contributed by atoms with Crippen molar-refractivity contribution in [1.82, 2.24) is 19.5 Å². The average molecular weight is 311 g/mol. The van der Waals surface area contributed by atoms with Crippen molar-refractivity contribution in [2.75, 3.05) is 12.8 Å². The van der Waals surface area contributed by atoms with Crippen LogP contribution < -0.4 is 5.73 Å². The van der Waals surface area contributed by atoms with Gasteiger partial charge in [0.1, 0.15) is 17.9 Å². The first-order valence-corrected chi connectivity index (χ1v) is 7.71. The van der Waals surface area contributed by atoms with Crippen LogP contribution in [0.5, 0.6) is 0 Å². The summed E-state index contributed by atoms with van der Waals surface area (Å²) in [5.41, 5.74) is 9.82. The molecular weight excluding hydrogens is 290 g/mol. The fourth-order valence-corrected chi connectivity index (χ4v) is 2.80. The zero-order valence-electron chi connectivity index (χ0n) is 13.7. The predicted molar refractivity (Wildman–Crippen MR) is 90.7 cm³/mol. The molecule has 120 valence electrons. The minimum Gasteiger partial charge on any atom is -0.497 e. The molecule has 0 aliphatic heterocycles. The largest absolute Gasteiger partial charge is 0.497 e. The van der Waals surface area contributed by atoms with Crippen LogP contribution in [0.15, 0.2) is 41.5 Å². The second-order valence-electron chi connectivity index (χ2n) is 5.48. The third-order valence-corrected chi connectivity index (χ3v) is 4.11. The number of aryl methyl sites for hydroxylation is 1. The smallest absolute Gasteiger partial charge is 0.165 e. The monoisotopic (exact) mass is 311 g/mol. The van der Waals surface area contributed by atoms with Gasteiger partial charge in [0.25, 0.3) is 0 Å². The number of imidazole rings is 1. The van der Waals surface area contributed by atoms with Gasteiger partial charge in [-0.25, -0.2) is 15.0 Å². The molecule has 0 bridgehead atoms. The second-order valence-corrected chi connectivity index (χ2v) is 5.48.